The monoisotopic (exact) mass is 395 g/mol. The Kier molecular flexibility index (Phi) is 8.38. The van der Waals surface area contributed by atoms with Crippen LogP contribution in [0.25, 0.3) is 0 Å². The van der Waals surface area contributed by atoms with Crippen LogP contribution in [0, 0.1) is 5.92 Å². The first-order chi connectivity index (χ1) is 12.7. The number of hydrogen-bond donors (Lipinski definition) is 1. The number of carbonyl (C=O) groups excluding carboxylic acids is 2. The Labute approximate surface area is 167 Å². The summed E-state index contributed by atoms with van der Waals surface area (Å²) in [6.07, 6.45) is 4.82. The Morgan fingerprint density at radius 1 is 1.26 bits per heavy atom. The summed E-state index contributed by atoms with van der Waals surface area (Å²) in [6, 6.07) is 7.46. The van der Waals surface area contributed by atoms with E-state index in [4.69, 9.17) is 4.74 Å². The van der Waals surface area contributed by atoms with Crippen molar-refractivity contribution in [2.75, 3.05) is 44.7 Å². The molecule has 2 aliphatic rings. The van der Waals surface area contributed by atoms with Crippen molar-refractivity contribution in [3.8, 4) is 5.75 Å². The van der Waals surface area contributed by atoms with Crippen LogP contribution in [0.3, 0.4) is 0 Å². The standard InChI is InChI=1S/C20H29N3O3.ClH/c1-21-10-7-16-8-12-22(13-9-16)20(25)15-26-18-5-2-4-17(14-18)23-11-3-6-19(23)24;/h2,4-5,14,16,21H,3,6-13,15H2,1H3;1H. The Morgan fingerprint density at radius 2 is 2.04 bits per heavy atom. The lowest BCUT2D eigenvalue weighted by molar-refractivity contribution is -0.134. The number of benzene rings is 1. The number of piperidine rings is 1. The van der Waals surface area contributed by atoms with Crippen LogP contribution in [-0.2, 0) is 9.59 Å². The number of halogens is 1. The van der Waals surface area contributed by atoms with E-state index in [2.05, 4.69) is 5.32 Å². The van der Waals surface area contributed by atoms with Gasteiger partial charge in [0.05, 0.1) is 0 Å². The van der Waals surface area contributed by atoms with Crippen molar-refractivity contribution in [1.82, 2.24) is 10.2 Å². The van der Waals surface area contributed by atoms with Gasteiger partial charge in [-0.3, -0.25) is 9.59 Å². The van der Waals surface area contributed by atoms with Crippen molar-refractivity contribution < 1.29 is 14.3 Å². The molecular formula is C20H30ClN3O3. The first-order valence-electron chi connectivity index (χ1n) is 9.63. The van der Waals surface area contributed by atoms with E-state index in [0.29, 0.717) is 18.1 Å². The minimum Gasteiger partial charge on any atom is -0.484 e. The number of likely N-dealkylation sites (tertiary alicyclic amines) is 1. The van der Waals surface area contributed by atoms with E-state index in [1.54, 1.807) is 4.90 Å². The first-order valence-corrected chi connectivity index (χ1v) is 9.63. The van der Waals surface area contributed by atoms with Crippen LogP contribution in [0.15, 0.2) is 24.3 Å². The number of ether oxygens (including phenoxy) is 1. The average Bonchev–Trinajstić information content (AvgIpc) is 3.11. The van der Waals surface area contributed by atoms with Crippen molar-refractivity contribution in [3.05, 3.63) is 24.3 Å². The van der Waals surface area contributed by atoms with E-state index in [9.17, 15) is 9.59 Å². The summed E-state index contributed by atoms with van der Waals surface area (Å²) in [7, 11) is 1.98. The van der Waals surface area contributed by atoms with E-state index >= 15 is 0 Å². The molecule has 1 aromatic carbocycles. The molecule has 6 nitrogen and oxygen atoms in total. The third kappa shape index (κ3) is 5.84. The van der Waals surface area contributed by atoms with Gasteiger partial charge in [-0.15, -0.1) is 12.4 Å². The summed E-state index contributed by atoms with van der Waals surface area (Å²) in [6.45, 7) is 3.48. The summed E-state index contributed by atoms with van der Waals surface area (Å²) in [5.74, 6) is 1.54. The second-order valence-corrected chi connectivity index (χ2v) is 7.15. The summed E-state index contributed by atoms with van der Waals surface area (Å²) >= 11 is 0. The van der Waals surface area contributed by atoms with Crippen LogP contribution in [0.2, 0.25) is 0 Å². The summed E-state index contributed by atoms with van der Waals surface area (Å²) in [5, 5.41) is 3.19. The molecule has 2 saturated heterocycles. The van der Waals surface area contributed by atoms with Crippen LogP contribution >= 0.6 is 12.4 Å². The van der Waals surface area contributed by atoms with Gasteiger partial charge in [0.1, 0.15) is 5.75 Å². The van der Waals surface area contributed by atoms with Gasteiger partial charge in [-0.25, -0.2) is 0 Å². The minimum atomic E-state index is 0. The highest BCUT2D eigenvalue weighted by Crippen LogP contribution is 2.25. The maximum absolute atomic E-state index is 12.4. The van der Waals surface area contributed by atoms with Crippen LogP contribution in [-0.4, -0.2) is 56.5 Å². The number of rotatable bonds is 7. The van der Waals surface area contributed by atoms with Gasteiger partial charge >= 0.3 is 0 Å². The Hall–Kier alpha value is -1.79. The zero-order valence-corrected chi connectivity index (χ0v) is 16.8. The highest BCUT2D eigenvalue weighted by atomic mass is 35.5. The SMILES string of the molecule is CNCCC1CCN(C(=O)COc2cccc(N3CCCC3=O)c2)CC1.Cl. The quantitative estimate of drug-likeness (QED) is 0.770. The molecule has 27 heavy (non-hydrogen) atoms. The molecule has 2 heterocycles. The zero-order chi connectivity index (χ0) is 18.4. The molecule has 0 spiro atoms. The number of carbonyl (C=O) groups is 2. The van der Waals surface area contributed by atoms with Crippen LogP contribution in [0.5, 0.6) is 5.75 Å². The summed E-state index contributed by atoms with van der Waals surface area (Å²) in [5.41, 5.74) is 0.850. The van der Waals surface area contributed by atoms with Crippen molar-refractivity contribution in [1.29, 1.82) is 0 Å². The molecule has 2 fully saturated rings. The molecule has 0 bridgehead atoms. The highest BCUT2D eigenvalue weighted by Gasteiger charge is 2.24. The van der Waals surface area contributed by atoms with E-state index < -0.39 is 0 Å². The average molecular weight is 396 g/mol. The van der Waals surface area contributed by atoms with Gasteiger partial charge in [-0.1, -0.05) is 6.07 Å². The molecule has 7 heteroatoms. The lowest BCUT2D eigenvalue weighted by Crippen LogP contribution is -2.41. The lowest BCUT2D eigenvalue weighted by atomic mass is 9.93. The molecule has 2 aliphatic heterocycles. The molecule has 150 valence electrons. The summed E-state index contributed by atoms with van der Waals surface area (Å²) < 4.78 is 5.71. The van der Waals surface area contributed by atoms with E-state index in [1.807, 2.05) is 36.2 Å². The molecule has 0 aromatic heterocycles. The predicted octanol–water partition coefficient (Wildman–Crippen LogP) is 2.46. The molecule has 0 atom stereocenters. The Balaban J connectivity index is 0.00000261. The van der Waals surface area contributed by atoms with Crippen LogP contribution in [0.4, 0.5) is 5.69 Å². The second-order valence-electron chi connectivity index (χ2n) is 7.15. The molecule has 1 N–H and O–H groups in total. The first kappa shape index (κ1) is 21.5. The van der Waals surface area contributed by atoms with Crippen molar-refractivity contribution in [2.24, 2.45) is 5.92 Å². The smallest absolute Gasteiger partial charge is 0.260 e. The van der Waals surface area contributed by atoms with Gasteiger partial charge in [-0.2, -0.15) is 0 Å². The third-order valence-corrected chi connectivity index (χ3v) is 5.33. The summed E-state index contributed by atoms with van der Waals surface area (Å²) in [4.78, 5) is 28.0. The molecule has 0 radical (unpaired) electrons. The fourth-order valence-corrected chi connectivity index (χ4v) is 3.72. The number of amides is 2. The van der Waals surface area contributed by atoms with Gasteiger partial charge in [0.25, 0.3) is 5.91 Å². The van der Waals surface area contributed by atoms with Gasteiger partial charge in [0.15, 0.2) is 6.61 Å². The highest BCUT2D eigenvalue weighted by molar-refractivity contribution is 5.95. The fraction of sp³-hybridized carbons (Fsp3) is 0.600. The van der Waals surface area contributed by atoms with E-state index in [-0.39, 0.29) is 30.8 Å². The van der Waals surface area contributed by atoms with Crippen LogP contribution < -0.4 is 15.0 Å². The normalized spacial score (nSPS) is 17.7. The molecule has 3 rings (SSSR count). The molecule has 0 saturated carbocycles. The topological polar surface area (TPSA) is 61.9 Å². The number of anilines is 1. The predicted molar refractivity (Wildman–Crippen MR) is 109 cm³/mol. The van der Waals surface area contributed by atoms with Crippen LogP contribution in [0.1, 0.15) is 32.1 Å². The maximum atomic E-state index is 12.4. The lowest BCUT2D eigenvalue weighted by Gasteiger charge is -2.32. The Bertz CT molecular complexity index is 633. The molecule has 2 amide bonds. The number of nitrogens with zero attached hydrogens (tertiary/aromatic N) is 2. The maximum Gasteiger partial charge on any atom is 0.260 e. The Morgan fingerprint density at radius 3 is 2.70 bits per heavy atom. The second kappa shape index (κ2) is 10.5. The fourth-order valence-electron chi connectivity index (χ4n) is 3.72. The molecule has 1 aromatic rings. The zero-order valence-electron chi connectivity index (χ0n) is 16.0. The number of hydrogen-bond acceptors (Lipinski definition) is 4. The molecule has 0 unspecified atom stereocenters. The van der Waals surface area contributed by atoms with Gasteiger partial charge in [0.2, 0.25) is 5.91 Å². The van der Waals surface area contributed by atoms with Gasteiger partial charge in [-0.05, 0) is 57.3 Å². The van der Waals surface area contributed by atoms with E-state index in [0.717, 1.165) is 51.1 Å². The molecule has 0 aliphatic carbocycles. The van der Waals surface area contributed by atoms with E-state index in [1.165, 1.54) is 6.42 Å². The van der Waals surface area contributed by atoms with Crippen molar-refractivity contribution in [2.45, 2.75) is 32.1 Å². The van der Waals surface area contributed by atoms with Crippen molar-refractivity contribution >= 4 is 29.9 Å². The molecular weight excluding hydrogens is 366 g/mol. The largest absolute Gasteiger partial charge is 0.484 e. The minimum absolute atomic E-state index is 0. The van der Waals surface area contributed by atoms with Crippen molar-refractivity contribution in [3.63, 3.8) is 0 Å². The number of nitrogens with one attached hydrogen (secondary N) is 1. The van der Waals surface area contributed by atoms with Gasteiger partial charge in [0, 0.05) is 37.8 Å². The van der Waals surface area contributed by atoms with Gasteiger partial charge < -0.3 is 19.9 Å². The third-order valence-electron chi connectivity index (χ3n) is 5.33.